The van der Waals surface area contributed by atoms with E-state index in [1.165, 1.54) is 12.8 Å². The number of hydrogen-bond acceptors (Lipinski definition) is 3. The number of carbonyl (C=O) groups is 1. The molecule has 4 nitrogen and oxygen atoms in total. The van der Waals surface area contributed by atoms with Gasteiger partial charge in [-0.1, -0.05) is 13.8 Å². The van der Waals surface area contributed by atoms with Crippen LogP contribution < -0.4 is 10.6 Å². The molecule has 2 saturated heterocycles. The maximum atomic E-state index is 11.2. The van der Waals surface area contributed by atoms with Gasteiger partial charge >= 0.3 is 0 Å². The van der Waals surface area contributed by atoms with Crippen molar-refractivity contribution < 1.29 is 9.53 Å². The molecule has 3 aliphatic rings. The van der Waals surface area contributed by atoms with Crippen molar-refractivity contribution in [2.24, 2.45) is 11.3 Å². The van der Waals surface area contributed by atoms with Gasteiger partial charge in [0, 0.05) is 43.0 Å². The predicted octanol–water partition coefficient (Wildman–Crippen LogP) is 0.668. The third-order valence-electron chi connectivity index (χ3n) is 4.72. The summed E-state index contributed by atoms with van der Waals surface area (Å²) in [5, 5.41) is 6.56. The molecular formula is C13H22N2O2. The van der Waals surface area contributed by atoms with Crippen molar-refractivity contribution >= 4 is 5.91 Å². The number of amides is 1. The largest absolute Gasteiger partial charge is 0.377 e. The van der Waals surface area contributed by atoms with Crippen LogP contribution >= 0.6 is 0 Å². The normalized spacial score (nSPS) is 43.8. The van der Waals surface area contributed by atoms with Gasteiger partial charge in [0.2, 0.25) is 5.91 Å². The van der Waals surface area contributed by atoms with E-state index in [2.05, 4.69) is 24.5 Å². The minimum Gasteiger partial charge on any atom is -0.377 e. The molecule has 3 rings (SSSR count). The fourth-order valence-corrected chi connectivity index (χ4v) is 3.84. The number of fused-ring (bicyclic) bond motifs is 1. The number of carbonyl (C=O) groups excluding carboxylic acids is 1. The highest BCUT2D eigenvalue weighted by atomic mass is 16.5. The van der Waals surface area contributed by atoms with E-state index in [1.807, 2.05) is 0 Å². The van der Waals surface area contributed by atoms with E-state index >= 15 is 0 Å². The molecule has 0 bridgehead atoms. The Morgan fingerprint density at radius 3 is 3.00 bits per heavy atom. The maximum absolute atomic E-state index is 11.2. The van der Waals surface area contributed by atoms with E-state index in [9.17, 15) is 4.79 Å². The number of rotatable bonds is 2. The summed E-state index contributed by atoms with van der Waals surface area (Å²) in [7, 11) is 0. The van der Waals surface area contributed by atoms with Gasteiger partial charge in [0.15, 0.2) is 0 Å². The zero-order valence-electron chi connectivity index (χ0n) is 10.7. The second-order valence-electron chi connectivity index (χ2n) is 6.27. The molecule has 4 unspecified atom stereocenters. The summed E-state index contributed by atoms with van der Waals surface area (Å²) in [6.07, 6.45) is 3.49. The minimum absolute atomic E-state index is 0.177. The molecule has 2 aliphatic heterocycles. The van der Waals surface area contributed by atoms with E-state index in [4.69, 9.17) is 4.74 Å². The van der Waals surface area contributed by atoms with E-state index < -0.39 is 0 Å². The predicted molar refractivity (Wildman–Crippen MR) is 64.6 cm³/mol. The summed E-state index contributed by atoms with van der Waals surface area (Å²) in [6, 6.07) is 0.820. The summed E-state index contributed by atoms with van der Waals surface area (Å²) in [5.74, 6) is 0.825. The van der Waals surface area contributed by atoms with Gasteiger partial charge in [0.25, 0.3) is 0 Å². The van der Waals surface area contributed by atoms with Gasteiger partial charge in [-0.25, -0.2) is 0 Å². The first-order valence-electron chi connectivity index (χ1n) is 6.73. The Labute approximate surface area is 102 Å². The van der Waals surface area contributed by atoms with Gasteiger partial charge in [0.1, 0.15) is 0 Å². The Morgan fingerprint density at radius 1 is 1.47 bits per heavy atom. The number of nitrogens with one attached hydrogen (secondary N) is 2. The van der Waals surface area contributed by atoms with E-state index in [1.54, 1.807) is 0 Å². The first kappa shape index (κ1) is 11.5. The Morgan fingerprint density at radius 2 is 2.29 bits per heavy atom. The smallest absolute Gasteiger partial charge is 0.221 e. The molecule has 2 N–H and O–H groups in total. The van der Waals surface area contributed by atoms with Crippen LogP contribution in [0.4, 0.5) is 0 Å². The standard InChI is InChI=1S/C13H22N2O2/c1-13(2)11(9-4-3-5-17-12(9)13)15-8-6-10(16)14-7-8/h8-9,11-12,15H,3-7H2,1-2H3,(H,14,16). The van der Waals surface area contributed by atoms with Crippen LogP contribution in [0, 0.1) is 11.3 Å². The molecular weight excluding hydrogens is 216 g/mol. The van der Waals surface area contributed by atoms with Crippen LogP contribution in [0.3, 0.4) is 0 Å². The molecule has 0 spiro atoms. The molecule has 17 heavy (non-hydrogen) atoms. The first-order chi connectivity index (χ1) is 8.09. The fourth-order valence-electron chi connectivity index (χ4n) is 3.84. The van der Waals surface area contributed by atoms with Crippen LogP contribution in [0.5, 0.6) is 0 Å². The van der Waals surface area contributed by atoms with Crippen LogP contribution in [0.1, 0.15) is 33.1 Å². The molecule has 96 valence electrons. The molecule has 4 heteroatoms. The van der Waals surface area contributed by atoms with Gasteiger partial charge in [-0.2, -0.15) is 0 Å². The molecule has 1 aliphatic carbocycles. The average molecular weight is 238 g/mol. The fraction of sp³-hybridized carbons (Fsp3) is 0.923. The third-order valence-corrected chi connectivity index (χ3v) is 4.72. The van der Waals surface area contributed by atoms with Crippen molar-refractivity contribution in [3.63, 3.8) is 0 Å². The molecule has 2 heterocycles. The quantitative estimate of drug-likeness (QED) is 0.743. The van der Waals surface area contributed by atoms with E-state index in [0.29, 0.717) is 30.5 Å². The molecule has 1 amide bonds. The Kier molecular flexibility index (Phi) is 2.67. The molecule has 3 fully saturated rings. The number of hydrogen-bond donors (Lipinski definition) is 2. The van der Waals surface area contributed by atoms with Crippen LogP contribution in [0.25, 0.3) is 0 Å². The lowest BCUT2D eigenvalue weighted by Gasteiger charge is -2.60. The topological polar surface area (TPSA) is 50.4 Å². The third kappa shape index (κ3) is 1.78. The van der Waals surface area contributed by atoms with Crippen molar-refractivity contribution in [2.45, 2.75) is 51.3 Å². The van der Waals surface area contributed by atoms with Crippen LogP contribution in [0.15, 0.2) is 0 Å². The lowest BCUT2D eigenvalue weighted by Crippen LogP contribution is -2.70. The zero-order valence-corrected chi connectivity index (χ0v) is 10.7. The van der Waals surface area contributed by atoms with Crippen molar-refractivity contribution in [3.8, 4) is 0 Å². The minimum atomic E-state index is 0.177. The van der Waals surface area contributed by atoms with Crippen molar-refractivity contribution in [2.75, 3.05) is 13.2 Å². The summed E-state index contributed by atoms with van der Waals surface area (Å²) in [6.45, 7) is 6.26. The Hall–Kier alpha value is -0.610. The Balaban J connectivity index is 1.64. The van der Waals surface area contributed by atoms with E-state index in [0.717, 1.165) is 13.2 Å². The van der Waals surface area contributed by atoms with Crippen LogP contribution in [-0.2, 0) is 9.53 Å². The average Bonchev–Trinajstić information content (AvgIpc) is 2.72. The van der Waals surface area contributed by atoms with Crippen LogP contribution in [0.2, 0.25) is 0 Å². The molecule has 0 aromatic rings. The Bertz CT molecular complexity index is 329. The van der Waals surface area contributed by atoms with Gasteiger partial charge in [0.05, 0.1) is 6.10 Å². The second kappa shape index (κ2) is 3.95. The van der Waals surface area contributed by atoms with Crippen molar-refractivity contribution in [3.05, 3.63) is 0 Å². The van der Waals surface area contributed by atoms with Gasteiger partial charge in [-0.05, 0) is 12.8 Å². The lowest BCUT2D eigenvalue weighted by molar-refractivity contribution is -0.194. The van der Waals surface area contributed by atoms with Gasteiger partial charge in [-0.15, -0.1) is 0 Å². The summed E-state index contributed by atoms with van der Waals surface area (Å²) >= 11 is 0. The van der Waals surface area contributed by atoms with E-state index in [-0.39, 0.29) is 11.3 Å². The van der Waals surface area contributed by atoms with Crippen LogP contribution in [-0.4, -0.2) is 37.2 Å². The summed E-state index contributed by atoms with van der Waals surface area (Å²) in [4.78, 5) is 11.2. The van der Waals surface area contributed by atoms with Crippen molar-refractivity contribution in [1.29, 1.82) is 0 Å². The maximum Gasteiger partial charge on any atom is 0.221 e. The molecule has 4 atom stereocenters. The molecule has 0 aromatic heterocycles. The highest BCUT2D eigenvalue weighted by molar-refractivity contribution is 5.78. The molecule has 0 radical (unpaired) electrons. The number of ether oxygens (including phenoxy) is 1. The molecule has 0 aromatic carbocycles. The highest BCUT2D eigenvalue weighted by Gasteiger charge is 2.58. The summed E-state index contributed by atoms with van der Waals surface area (Å²) < 4.78 is 5.89. The van der Waals surface area contributed by atoms with Gasteiger partial charge in [-0.3, -0.25) is 4.79 Å². The van der Waals surface area contributed by atoms with Crippen molar-refractivity contribution in [1.82, 2.24) is 10.6 Å². The zero-order chi connectivity index (χ0) is 12.0. The first-order valence-corrected chi connectivity index (χ1v) is 6.73. The van der Waals surface area contributed by atoms with Gasteiger partial charge < -0.3 is 15.4 Å². The monoisotopic (exact) mass is 238 g/mol. The summed E-state index contributed by atoms with van der Waals surface area (Å²) in [5.41, 5.74) is 0.205. The lowest BCUT2D eigenvalue weighted by atomic mass is 9.55. The highest BCUT2D eigenvalue weighted by Crippen LogP contribution is 2.51. The SMILES string of the molecule is CC1(C)C(NC2CNC(=O)C2)C2CCCOC21. The molecule has 1 saturated carbocycles. The second-order valence-corrected chi connectivity index (χ2v) is 6.27.